The molecule has 0 unspecified atom stereocenters. The Bertz CT molecular complexity index is 911. The molecule has 1 aliphatic heterocycles. The van der Waals surface area contributed by atoms with Crippen LogP contribution in [0.2, 0.25) is 0 Å². The van der Waals surface area contributed by atoms with Gasteiger partial charge in [-0.15, -0.1) is 0 Å². The van der Waals surface area contributed by atoms with Crippen LogP contribution in [-0.2, 0) is 11.8 Å². The van der Waals surface area contributed by atoms with E-state index in [-0.39, 0.29) is 17.5 Å². The first-order valence-electron chi connectivity index (χ1n) is 9.92. The summed E-state index contributed by atoms with van der Waals surface area (Å²) < 4.78 is 7.27. The first kappa shape index (κ1) is 20.8. The second kappa shape index (κ2) is 9.52. The summed E-state index contributed by atoms with van der Waals surface area (Å²) in [6, 6.07) is 3.40. The van der Waals surface area contributed by atoms with Crippen LogP contribution >= 0.6 is 0 Å². The Balaban J connectivity index is 1.74. The number of hydrogen-bond acceptors (Lipinski definition) is 4. The Morgan fingerprint density at radius 1 is 1.31 bits per heavy atom. The SMILES string of the molecule is C/C=C\c1c(C(=O)Nc2cccnc2C(=O)NCC2CCOCC2)cn(C)c1C. The Labute approximate surface area is 171 Å². The van der Waals surface area contributed by atoms with Gasteiger partial charge in [-0.05, 0) is 44.7 Å². The number of allylic oxidation sites excluding steroid dienone is 1. The molecule has 2 aromatic rings. The molecule has 0 spiro atoms. The molecule has 1 aliphatic rings. The maximum atomic E-state index is 12.9. The van der Waals surface area contributed by atoms with Crippen molar-refractivity contribution < 1.29 is 14.3 Å². The van der Waals surface area contributed by atoms with E-state index in [1.54, 1.807) is 24.5 Å². The van der Waals surface area contributed by atoms with Crippen molar-refractivity contribution in [3.8, 4) is 0 Å². The summed E-state index contributed by atoms with van der Waals surface area (Å²) in [5.74, 6) is -0.149. The van der Waals surface area contributed by atoms with Crippen molar-refractivity contribution in [3.63, 3.8) is 0 Å². The highest BCUT2D eigenvalue weighted by atomic mass is 16.5. The molecule has 0 atom stereocenters. The number of nitrogens with one attached hydrogen (secondary N) is 2. The van der Waals surface area contributed by atoms with Crippen LogP contribution in [0.1, 0.15) is 51.9 Å². The van der Waals surface area contributed by atoms with E-state index in [4.69, 9.17) is 4.74 Å². The van der Waals surface area contributed by atoms with Crippen LogP contribution in [0.5, 0.6) is 0 Å². The summed E-state index contributed by atoms with van der Waals surface area (Å²) in [5.41, 5.74) is 3.03. The van der Waals surface area contributed by atoms with Gasteiger partial charge in [0.2, 0.25) is 0 Å². The van der Waals surface area contributed by atoms with Crippen molar-refractivity contribution in [1.29, 1.82) is 0 Å². The average molecular weight is 396 g/mol. The lowest BCUT2D eigenvalue weighted by Gasteiger charge is -2.22. The van der Waals surface area contributed by atoms with E-state index in [1.807, 2.05) is 37.6 Å². The van der Waals surface area contributed by atoms with Crippen LogP contribution in [0.25, 0.3) is 6.08 Å². The number of hydrogen-bond donors (Lipinski definition) is 2. The van der Waals surface area contributed by atoms with E-state index < -0.39 is 0 Å². The fourth-order valence-electron chi connectivity index (χ4n) is 3.45. The third kappa shape index (κ3) is 4.92. The van der Waals surface area contributed by atoms with E-state index >= 15 is 0 Å². The van der Waals surface area contributed by atoms with Crippen molar-refractivity contribution in [2.45, 2.75) is 26.7 Å². The molecule has 7 nitrogen and oxygen atoms in total. The number of carbonyl (C=O) groups is 2. The molecule has 2 amide bonds. The topological polar surface area (TPSA) is 85.2 Å². The molecule has 0 radical (unpaired) electrons. The fourth-order valence-corrected chi connectivity index (χ4v) is 3.45. The molecule has 2 N–H and O–H groups in total. The molecule has 7 heteroatoms. The van der Waals surface area contributed by atoms with Gasteiger partial charge in [-0.1, -0.05) is 12.2 Å². The van der Waals surface area contributed by atoms with Crippen LogP contribution in [0.4, 0.5) is 5.69 Å². The number of ether oxygens (including phenoxy) is 1. The van der Waals surface area contributed by atoms with Crippen molar-refractivity contribution in [2.24, 2.45) is 13.0 Å². The van der Waals surface area contributed by atoms with Gasteiger partial charge in [0.1, 0.15) is 0 Å². The van der Waals surface area contributed by atoms with Crippen molar-refractivity contribution in [1.82, 2.24) is 14.9 Å². The Kier molecular flexibility index (Phi) is 6.82. The molecule has 0 aromatic carbocycles. The monoisotopic (exact) mass is 396 g/mol. The second-order valence-corrected chi connectivity index (χ2v) is 7.27. The van der Waals surface area contributed by atoms with Crippen molar-refractivity contribution in [3.05, 3.63) is 53.1 Å². The van der Waals surface area contributed by atoms with E-state index in [0.29, 0.717) is 23.7 Å². The van der Waals surface area contributed by atoms with Crippen LogP contribution in [-0.4, -0.2) is 41.1 Å². The average Bonchev–Trinajstić information content (AvgIpc) is 3.02. The number of aryl methyl sites for hydroxylation is 1. The molecule has 2 aromatic heterocycles. The predicted molar refractivity (Wildman–Crippen MR) is 113 cm³/mol. The van der Waals surface area contributed by atoms with Gasteiger partial charge < -0.3 is 19.9 Å². The summed E-state index contributed by atoms with van der Waals surface area (Å²) >= 11 is 0. The van der Waals surface area contributed by atoms with Crippen LogP contribution in [0.3, 0.4) is 0 Å². The highest BCUT2D eigenvalue weighted by molar-refractivity contribution is 6.10. The molecular weight excluding hydrogens is 368 g/mol. The van der Waals surface area contributed by atoms with Crippen LogP contribution < -0.4 is 10.6 Å². The number of pyridine rings is 1. The zero-order chi connectivity index (χ0) is 20.8. The van der Waals surface area contributed by atoms with Crippen LogP contribution in [0, 0.1) is 12.8 Å². The fraction of sp³-hybridized carbons (Fsp3) is 0.409. The quantitative estimate of drug-likeness (QED) is 0.785. The lowest BCUT2D eigenvalue weighted by molar-refractivity contribution is 0.0642. The molecule has 0 aliphatic carbocycles. The minimum absolute atomic E-state index is 0.216. The van der Waals surface area contributed by atoms with E-state index in [9.17, 15) is 9.59 Å². The standard InChI is InChI=1S/C22H28N4O3/c1-4-6-17-15(2)26(3)14-18(17)21(27)25-19-7-5-10-23-20(19)22(28)24-13-16-8-11-29-12-9-16/h4-7,10,14,16H,8-9,11-13H2,1-3H3,(H,24,28)(H,25,27)/b6-4-. The molecule has 0 saturated carbocycles. The van der Waals surface area contributed by atoms with Gasteiger partial charge >= 0.3 is 0 Å². The van der Waals surface area contributed by atoms with E-state index in [0.717, 1.165) is 37.3 Å². The Morgan fingerprint density at radius 2 is 2.07 bits per heavy atom. The van der Waals surface area contributed by atoms with Gasteiger partial charge in [0.15, 0.2) is 5.69 Å². The first-order chi connectivity index (χ1) is 14.0. The predicted octanol–water partition coefficient (Wildman–Crippen LogP) is 3.17. The normalized spacial score (nSPS) is 14.9. The largest absolute Gasteiger partial charge is 0.381 e. The number of amides is 2. The number of carbonyl (C=O) groups excluding carboxylic acids is 2. The second-order valence-electron chi connectivity index (χ2n) is 7.27. The van der Waals surface area contributed by atoms with Crippen LogP contribution in [0.15, 0.2) is 30.6 Å². The summed E-state index contributed by atoms with van der Waals surface area (Å²) in [4.78, 5) is 29.8. The third-order valence-corrected chi connectivity index (χ3v) is 5.27. The zero-order valence-corrected chi connectivity index (χ0v) is 17.2. The molecular formula is C22H28N4O3. The molecule has 29 heavy (non-hydrogen) atoms. The van der Waals surface area contributed by atoms with Crippen molar-refractivity contribution in [2.75, 3.05) is 25.1 Å². The highest BCUT2D eigenvalue weighted by Gasteiger charge is 2.20. The maximum absolute atomic E-state index is 12.9. The Hall–Kier alpha value is -2.93. The first-order valence-corrected chi connectivity index (χ1v) is 9.92. The van der Waals surface area contributed by atoms with Gasteiger partial charge in [0.25, 0.3) is 11.8 Å². The zero-order valence-electron chi connectivity index (χ0n) is 17.2. The van der Waals surface area contributed by atoms with Gasteiger partial charge in [-0.2, -0.15) is 0 Å². The number of anilines is 1. The summed E-state index contributed by atoms with van der Waals surface area (Å²) in [6.45, 7) is 5.92. The van der Waals surface area contributed by atoms with Crippen molar-refractivity contribution >= 4 is 23.6 Å². The number of rotatable bonds is 6. The third-order valence-electron chi connectivity index (χ3n) is 5.27. The van der Waals surface area contributed by atoms with E-state index in [1.165, 1.54) is 0 Å². The number of aromatic nitrogens is 2. The van der Waals surface area contributed by atoms with E-state index in [2.05, 4.69) is 15.6 Å². The Morgan fingerprint density at radius 3 is 2.79 bits per heavy atom. The smallest absolute Gasteiger partial charge is 0.272 e. The lowest BCUT2D eigenvalue weighted by atomic mass is 10.0. The minimum Gasteiger partial charge on any atom is -0.381 e. The maximum Gasteiger partial charge on any atom is 0.272 e. The molecule has 1 fully saturated rings. The molecule has 0 bridgehead atoms. The lowest BCUT2D eigenvalue weighted by Crippen LogP contribution is -2.33. The summed E-state index contributed by atoms with van der Waals surface area (Å²) in [6.07, 6.45) is 9.03. The number of nitrogens with zero attached hydrogens (tertiary/aromatic N) is 2. The molecule has 3 heterocycles. The molecule has 154 valence electrons. The molecule has 3 rings (SSSR count). The minimum atomic E-state index is -0.287. The van der Waals surface area contributed by atoms with Gasteiger partial charge in [-0.25, -0.2) is 4.98 Å². The van der Waals surface area contributed by atoms with Gasteiger partial charge in [-0.3, -0.25) is 9.59 Å². The molecule has 1 saturated heterocycles. The van der Waals surface area contributed by atoms with Gasteiger partial charge in [0, 0.05) is 50.5 Å². The summed E-state index contributed by atoms with van der Waals surface area (Å²) in [5, 5.41) is 5.80. The van der Waals surface area contributed by atoms with Gasteiger partial charge in [0.05, 0.1) is 11.3 Å². The summed E-state index contributed by atoms with van der Waals surface area (Å²) in [7, 11) is 1.90. The highest BCUT2D eigenvalue weighted by Crippen LogP contribution is 2.21.